The van der Waals surface area contributed by atoms with E-state index in [2.05, 4.69) is 5.32 Å². The molecule has 2 aromatic carbocycles. The highest BCUT2D eigenvalue weighted by Crippen LogP contribution is 2.49. The van der Waals surface area contributed by atoms with Crippen LogP contribution in [0.4, 0.5) is 5.69 Å². The van der Waals surface area contributed by atoms with Crippen molar-refractivity contribution in [3.63, 3.8) is 0 Å². The number of halogens is 1. The molecule has 0 aliphatic carbocycles. The number of amides is 1. The summed E-state index contributed by atoms with van der Waals surface area (Å²) in [4.78, 5) is 25.4. The maximum atomic E-state index is 12.4. The molecule has 5 nitrogen and oxygen atoms in total. The first-order chi connectivity index (χ1) is 13.5. The Hall–Kier alpha value is -2.83. The van der Waals surface area contributed by atoms with Crippen molar-refractivity contribution in [2.75, 3.05) is 12.4 Å². The molecule has 1 aliphatic rings. The highest BCUT2D eigenvalue weighted by atomic mass is 35.5. The number of fused-ring (bicyclic) bond motifs is 1. The maximum Gasteiger partial charge on any atom is 0.346 e. The Kier molecular flexibility index (Phi) is 4.83. The van der Waals surface area contributed by atoms with Gasteiger partial charge in [-0.15, -0.1) is 11.3 Å². The Morgan fingerprint density at radius 1 is 1.18 bits per heavy atom. The Bertz CT molecular complexity index is 1060. The zero-order chi connectivity index (χ0) is 19.8. The first kappa shape index (κ1) is 18.5. The van der Waals surface area contributed by atoms with Crippen LogP contribution in [0.1, 0.15) is 32.5 Å². The van der Waals surface area contributed by atoms with E-state index in [9.17, 15) is 14.7 Å². The molecule has 0 saturated carbocycles. The third-order valence-corrected chi connectivity index (χ3v) is 6.29. The van der Waals surface area contributed by atoms with Gasteiger partial charge in [-0.1, -0.05) is 35.9 Å². The van der Waals surface area contributed by atoms with Crippen molar-refractivity contribution in [1.82, 2.24) is 0 Å². The van der Waals surface area contributed by atoms with Crippen molar-refractivity contribution in [3.05, 3.63) is 68.9 Å². The van der Waals surface area contributed by atoms with Crippen LogP contribution in [0.2, 0.25) is 5.02 Å². The highest BCUT2D eigenvalue weighted by molar-refractivity contribution is 7.15. The third kappa shape index (κ3) is 3.25. The van der Waals surface area contributed by atoms with Gasteiger partial charge in [0.2, 0.25) is 5.91 Å². The number of rotatable bonds is 4. The molecular formula is C21H16ClNO4S. The fourth-order valence-electron chi connectivity index (χ4n) is 3.43. The van der Waals surface area contributed by atoms with E-state index in [1.54, 1.807) is 31.4 Å². The number of hydrogen-bond acceptors (Lipinski definition) is 4. The molecule has 1 aromatic heterocycles. The number of thiophene rings is 1. The van der Waals surface area contributed by atoms with Gasteiger partial charge in [0.15, 0.2) is 0 Å². The number of carbonyl (C=O) groups is 2. The summed E-state index contributed by atoms with van der Waals surface area (Å²) in [6, 6.07) is 14.4. The molecule has 0 bridgehead atoms. The minimum Gasteiger partial charge on any atom is -0.497 e. The molecule has 28 heavy (non-hydrogen) atoms. The van der Waals surface area contributed by atoms with Crippen molar-refractivity contribution >= 4 is 40.5 Å². The quantitative estimate of drug-likeness (QED) is 0.612. The van der Waals surface area contributed by atoms with Gasteiger partial charge in [-0.05, 0) is 35.4 Å². The molecule has 1 aliphatic heterocycles. The van der Waals surface area contributed by atoms with Crippen molar-refractivity contribution in [2.24, 2.45) is 0 Å². The Balaban J connectivity index is 1.89. The molecule has 0 fully saturated rings. The first-order valence-electron chi connectivity index (χ1n) is 8.57. The summed E-state index contributed by atoms with van der Waals surface area (Å²) in [6.07, 6.45) is 0.263. The Morgan fingerprint density at radius 2 is 1.86 bits per heavy atom. The minimum atomic E-state index is -1.02. The van der Waals surface area contributed by atoms with Crippen LogP contribution in [0.5, 0.6) is 5.75 Å². The summed E-state index contributed by atoms with van der Waals surface area (Å²) in [5, 5.41) is 13.2. The second-order valence-electron chi connectivity index (χ2n) is 6.44. The number of anilines is 1. The lowest BCUT2D eigenvalue weighted by Gasteiger charge is -2.24. The number of ether oxygens (including phenoxy) is 1. The summed E-state index contributed by atoms with van der Waals surface area (Å²) < 4.78 is 5.20. The lowest BCUT2D eigenvalue weighted by Crippen LogP contribution is -2.22. The van der Waals surface area contributed by atoms with E-state index in [0.717, 1.165) is 16.2 Å². The summed E-state index contributed by atoms with van der Waals surface area (Å²) >= 11 is 7.18. The van der Waals surface area contributed by atoms with Gasteiger partial charge in [0.25, 0.3) is 0 Å². The van der Waals surface area contributed by atoms with Crippen molar-refractivity contribution in [1.29, 1.82) is 0 Å². The number of benzene rings is 2. The van der Waals surface area contributed by atoms with E-state index >= 15 is 0 Å². The van der Waals surface area contributed by atoms with Crippen LogP contribution in [0.25, 0.3) is 11.1 Å². The predicted molar refractivity (Wildman–Crippen MR) is 110 cm³/mol. The topological polar surface area (TPSA) is 75.6 Å². The smallest absolute Gasteiger partial charge is 0.346 e. The van der Waals surface area contributed by atoms with E-state index < -0.39 is 5.97 Å². The monoisotopic (exact) mass is 413 g/mol. The molecule has 1 atom stereocenters. The summed E-state index contributed by atoms with van der Waals surface area (Å²) in [6.45, 7) is 0. The molecule has 0 unspecified atom stereocenters. The fourth-order valence-corrected chi connectivity index (χ4v) is 4.81. The predicted octanol–water partition coefficient (Wildman–Crippen LogP) is 5.25. The standard InChI is InChI=1S/C21H16ClNO4S/c1-27-14-8-4-11(5-9-14)15-10-16(24)23-18-17(12-2-6-13(22)7-3-12)20(21(25)26)28-19(15)18/h2-9,15H,10H2,1H3,(H,23,24)(H,25,26)/t15-/m0/s1. The van der Waals surface area contributed by atoms with Crippen molar-refractivity contribution in [2.45, 2.75) is 12.3 Å². The van der Waals surface area contributed by atoms with E-state index in [1.165, 1.54) is 11.3 Å². The van der Waals surface area contributed by atoms with Gasteiger partial charge in [-0.3, -0.25) is 4.79 Å². The van der Waals surface area contributed by atoms with Gasteiger partial charge in [0.1, 0.15) is 10.6 Å². The van der Waals surface area contributed by atoms with E-state index in [0.29, 0.717) is 21.8 Å². The van der Waals surface area contributed by atoms with Gasteiger partial charge in [0.05, 0.1) is 12.8 Å². The van der Waals surface area contributed by atoms with Crippen molar-refractivity contribution in [3.8, 4) is 16.9 Å². The first-order valence-corrected chi connectivity index (χ1v) is 9.77. The second-order valence-corrected chi connectivity index (χ2v) is 7.92. The molecule has 3 aromatic rings. The molecule has 2 N–H and O–H groups in total. The molecule has 0 saturated heterocycles. The molecule has 7 heteroatoms. The minimum absolute atomic E-state index is 0.140. The van der Waals surface area contributed by atoms with Crippen LogP contribution in [-0.2, 0) is 4.79 Å². The van der Waals surface area contributed by atoms with Gasteiger partial charge < -0.3 is 15.2 Å². The molecular weight excluding hydrogens is 398 g/mol. The number of methoxy groups -OCH3 is 1. The maximum absolute atomic E-state index is 12.4. The number of carbonyl (C=O) groups excluding carboxylic acids is 1. The Labute approximate surface area is 170 Å². The zero-order valence-electron chi connectivity index (χ0n) is 14.9. The van der Waals surface area contributed by atoms with Gasteiger partial charge in [-0.2, -0.15) is 0 Å². The number of hydrogen-bond donors (Lipinski definition) is 2. The second kappa shape index (κ2) is 7.30. The number of carboxylic acid groups (broad SMARTS) is 1. The van der Waals surface area contributed by atoms with E-state index in [1.807, 2.05) is 24.3 Å². The van der Waals surface area contributed by atoms with Crippen molar-refractivity contribution < 1.29 is 19.4 Å². The molecule has 0 radical (unpaired) electrons. The number of carboxylic acids is 1. The molecule has 2 heterocycles. The highest BCUT2D eigenvalue weighted by Gasteiger charge is 2.34. The third-order valence-electron chi connectivity index (χ3n) is 4.75. The van der Waals surface area contributed by atoms with Crippen LogP contribution in [0.3, 0.4) is 0 Å². The molecule has 4 rings (SSSR count). The average molecular weight is 414 g/mol. The van der Waals surface area contributed by atoms with E-state index in [-0.39, 0.29) is 23.1 Å². The van der Waals surface area contributed by atoms with Crippen LogP contribution >= 0.6 is 22.9 Å². The summed E-state index contributed by atoms with van der Waals surface area (Å²) in [5.41, 5.74) is 2.74. The van der Waals surface area contributed by atoms with Gasteiger partial charge in [-0.25, -0.2) is 4.79 Å². The van der Waals surface area contributed by atoms with Crippen LogP contribution in [0, 0.1) is 0 Å². The normalized spacial score (nSPS) is 15.6. The fraction of sp³-hybridized carbons (Fsp3) is 0.143. The van der Waals surface area contributed by atoms with Crippen LogP contribution < -0.4 is 10.1 Å². The van der Waals surface area contributed by atoms with Gasteiger partial charge in [0, 0.05) is 27.8 Å². The summed E-state index contributed by atoms with van der Waals surface area (Å²) in [5.74, 6) is -0.646. The lowest BCUT2D eigenvalue weighted by atomic mass is 9.88. The van der Waals surface area contributed by atoms with E-state index in [4.69, 9.17) is 16.3 Å². The lowest BCUT2D eigenvalue weighted by molar-refractivity contribution is -0.116. The zero-order valence-corrected chi connectivity index (χ0v) is 16.4. The average Bonchev–Trinajstić information content (AvgIpc) is 3.07. The van der Waals surface area contributed by atoms with Crippen LogP contribution in [0.15, 0.2) is 48.5 Å². The Morgan fingerprint density at radius 3 is 2.46 bits per heavy atom. The largest absolute Gasteiger partial charge is 0.497 e. The molecule has 0 spiro atoms. The SMILES string of the molecule is COc1ccc([C@@H]2CC(=O)Nc3c2sc(C(=O)O)c3-c2ccc(Cl)cc2)cc1. The van der Waals surface area contributed by atoms with Crippen LogP contribution in [-0.4, -0.2) is 24.1 Å². The number of aromatic carboxylic acids is 1. The van der Waals surface area contributed by atoms with Gasteiger partial charge >= 0.3 is 5.97 Å². The summed E-state index contributed by atoms with van der Waals surface area (Å²) in [7, 11) is 1.60. The number of nitrogens with one attached hydrogen (secondary N) is 1. The molecule has 1 amide bonds. The molecule has 142 valence electrons.